The number of hydrogen-bond donors (Lipinski definition) is 1. The van der Waals surface area contributed by atoms with Crippen LogP contribution in [-0.4, -0.2) is 36.4 Å². The van der Waals surface area contributed by atoms with Crippen LogP contribution in [0, 0.1) is 10.1 Å². The minimum atomic E-state index is -1.00. The van der Waals surface area contributed by atoms with E-state index < -0.39 is 16.9 Å². The van der Waals surface area contributed by atoms with Crippen LogP contribution in [0.4, 0.5) is 17.1 Å². The molecule has 4 aromatic carbocycles. The number of non-ortho nitro benzene ring substituents is 1. The van der Waals surface area contributed by atoms with E-state index in [1.807, 2.05) is 30.3 Å². The van der Waals surface area contributed by atoms with Crippen molar-refractivity contribution in [1.82, 2.24) is 0 Å². The van der Waals surface area contributed by atoms with Gasteiger partial charge in [0, 0.05) is 27.7 Å². The van der Waals surface area contributed by atoms with E-state index in [1.54, 1.807) is 36.3 Å². The second-order valence-corrected chi connectivity index (χ2v) is 9.77. The Kier molecular flexibility index (Phi) is 8.19. The number of anilines is 2. The Morgan fingerprint density at radius 2 is 1.77 bits per heavy atom. The van der Waals surface area contributed by atoms with Crippen molar-refractivity contribution in [3.05, 3.63) is 105 Å². The van der Waals surface area contributed by atoms with Crippen LogP contribution >= 0.6 is 28.3 Å². The number of benzene rings is 4. The predicted molar refractivity (Wildman–Crippen MR) is 156 cm³/mol. The molecule has 0 spiro atoms. The summed E-state index contributed by atoms with van der Waals surface area (Å²) in [7, 11) is 1.58. The topological polar surface area (TPSA) is 119 Å². The first-order valence-electron chi connectivity index (χ1n) is 11.8. The third-order valence-electron chi connectivity index (χ3n) is 6.58. The second-order valence-electron chi connectivity index (χ2n) is 8.85. The number of carbonyl (C=O) groups is 2. The zero-order valence-corrected chi connectivity index (χ0v) is 23.1. The molecule has 1 atom stereocenters. The molecule has 1 aliphatic rings. The van der Waals surface area contributed by atoms with E-state index in [1.165, 1.54) is 29.2 Å². The molecule has 4 aromatic rings. The molecule has 1 heterocycles. The summed E-state index contributed by atoms with van der Waals surface area (Å²) >= 11 is 3.51. The summed E-state index contributed by atoms with van der Waals surface area (Å²) in [6, 6.07) is 21.2. The zero-order valence-electron chi connectivity index (χ0n) is 20.7. The highest BCUT2D eigenvalue weighted by Crippen LogP contribution is 2.37. The number of hydrogen-bond acceptors (Lipinski definition) is 6. The fraction of sp³-hybridized carbons (Fsp3) is 0.143. The largest absolute Gasteiger partial charge is 0.496 e. The maximum Gasteiger partial charge on any atom is 0.269 e. The molecule has 0 aliphatic carbocycles. The lowest BCUT2D eigenvalue weighted by molar-refractivity contribution is -0.384. The van der Waals surface area contributed by atoms with E-state index in [9.17, 15) is 19.7 Å². The number of rotatable bonds is 5. The molecule has 2 N–H and O–H groups in total. The predicted octanol–water partition coefficient (Wildman–Crippen LogP) is 5.46. The smallest absolute Gasteiger partial charge is 0.269 e. The van der Waals surface area contributed by atoms with Gasteiger partial charge in [0.1, 0.15) is 11.8 Å². The average Bonchev–Trinajstić information content (AvgIpc) is 3.03. The lowest BCUT2D eigenvalue weighted by Crippen LogP contribution is -2.48. The van der Waals surface area contributed by atoms with Gasteiger partial charge in [-0.25, -0.2) is 0 Å². The number of nitro groups is 1. The number of methoxy groups -OCH3 is 1. The number of para-hydroxylation sites is 2. The molecule has 1 aliphatic heterocycles. The Labute approximate surface area is 238 Å². The van der Waals surface area contributed by atoms with Crippen molar-refractivity contribution in [3.8, 4) is 5.75 Å². The molecular formula is C28H24BrClN4O5. The van der Waals surface area contributed by atoms with Crippen LogP contribution in [0.25, 0.3) is 10.8 Å². The summed E-state index contributed by atoms with van der Waals surface area (Å²) in [6.45, 7) is 0.118. The van der Waals surface area contributed by atoms with E-state index in [-0.39, 0.29) is 42.7 Å². The lowest BCUT2D eigenvalue weighted by atomic mass is 10.0. The van der Waals surface area contributed by atoms with Gasteiger partial charge in [-0.1, -0.05) is 40.2 Å². The lowest BCUT2D eigenvalue weighted by Gasteiger charge is -2.26. The quantitative estimate of drug-likeness (QED) is 0.236. The molecule has 200 valence electrons. The molecule has 0 aromatic heterocycles. The third-order valence-corrected chi connectivity index (χ3v) is 7.08. The van der Waals surface area contributed by atoms with Crippen LogP contribution in [-0.2, 0) is 11.3 Å². The number of fused-ring (bicyclic) bond motifs is 2. The van der Waals surface area contributed by atoms with Gasteiger partial charge < -0.3 is 20.3 Å². The van der Waals surface area contributed by atoms with E-state index in [2.05, 4.69) is 15.9 Å². The SMILES string of the molecule is COc1ccc2cc(Br)ccc2c1CN1C(=O)[C@@H](N)CN(C(=O)c2ccc([N+](=O)[O-])cc2)c2ccccc21.Cl. The summed E-state index contributed by atoms with van der Waals surface area (Å²) < 4.78 is 6.59. The van der Waals surface area contributed by atoms with Gasteiger partial charge in [-0.3, -0.25) is 19.7 Å². The standard InChI is InChI=1S/C28H23BrN4O5.ClH/c1-38-26-13-8-18-14-19(29)9-12-21(18)22(26)15-31-24-4-2-3-5-25(24)32(16-23(30)28(31)35)27(34)17-6-10-20(11-7-17)33(36)37;/h2-14,23H,15-16,30H2,1H3;1H/t23-;/m0./s1. The maximum absolute atomic E-state index is 13.7. The van der Waals surface area contributed by atoms with Crippen LogP contribution < -0.4 is 20.3 Å². The third kappa shape index (κ3) is 5.31. The van der Waals surface area contributed by atoms with E-state index >= 15 is 0 Å². The molecule has 0 fully saturated rings. The second kappa shape index (κ2) is 11.4. The summed E-state index contributed by atoms with van der Waals surface area (Å²) in [4.78, 5) is 40.8. The van der Waals surface area contributed by atoms with Gasteiger partial charge >= 0.3 is 0 Å². The first kappa shape index (κ1) is 28.0. The normalized spacial score (nSPS) is 14.8. The van der Waals surface area contributed by atoms with Crippen LogP contribution in [0.5, 0.6) is 5.75 Å². The molecule has 5 rings (SSSR count). The Balaban J connectivity index is 0.00000353. The van der Waals surface area contributed by atoms with Gasteiger partial charge in [0.25, 0.3) is 11.6 Å². The highest BCUT2D eigenvalue weighted by atomic mass is 79.9. The van der Waals surface area contributed by atoms with E-state index in [4.69, 9.17) is 10.5 Å². The molecule has 11 heteroatoms. The minimum absolute atomic E-state index is 0. The van der Waals surface area contributed by atoms with Crippen molar-refractivity contribution in [2.24, 2.45) is 5.73 Å². The molecule has 0 radical (unpaired) electrons. The summed E-state index contributed by atoms with van der Waals surface area (Å²) in [5, 5.41) is 12.9. The molecule has 0 bridgehead atoms. The number of nitro benzene ring substituents is 1. The van der Waals surface area contributed by atoms with Gasteiger partial charge in [0.15, 0.2) is 0 Å². The van der Waals surface area contributed by atoms with Gasteiger partial charge in [-0.05, 0) is 53.2 Å². The summed E-state index contributed by atoms with van der Waals surface area (Å²) in [5.74, 6) is -0.126. The van der Waals surface area contributed by atoms with Gasteiger partial charge in [-0.2, -0.15) is 0 Å². The molecule has 9 nitrogen and oxygen atoms in total. The fourth-order valence-electron chi connectivity index (χ4n) is 4.71. The molecular weight excluding hydrogens is 588 g/mol. The Bertz CT molecular complexity index is 1580. The fourth-order valence-corrected chi connectivity index (χ4v) is 5.09. The number of ether oxygens (including phenoxy) is 1. The number of carbonyl (C=O) groups excluding carboxylic acids is 2. The van der Waals surface area contributed by atoms with Gasteiger partial charge in [-0.15, -0.1) is 12.4 Å². The molecule has 0 unspecified atom stereocenters. The minimum Gasteiger partial charge on any atom is -0.496 e. The Morgan fingerprint density at radius 3 is 2.44 bits per heavy atom. The van der Waals surface area contributed by atoms with Crippen molar-refractivity contribution in [2.45, 2.75) is 12.6 Å². The highest BCUT2D eigenvalue weighted by molar-refractivity contribution is 9.10. The van der Waals surface area contributed by atoms with Crippen molar-refractivity contribution < 1.29 is 19.2 Å². The average molecular weight is 612 g/mol. The van der Waals surface area contributed by atoms with Crippen LogP contribution in [0.2, 0.25) is 0 Å². The molecule has 2 amide bonds. The number of nitrogens with zero attached hydrogens (tertiary/aromatic N) is 3. The molecule has 0 saturated heterocycles. The monoisotopic (exact) mass is 610 g/mol. The highest BCUT2D eigenvalue weighted by Gasteiger charge is 2.35. The Hall–Kier alpha value is -3.99. The van der Waals surface area contributed by atoms with E-state index in [0.717, 1.165) is 20.8 Å². The zero-order chi connectivity index (χ0) is 27.0. The van der Waals surface area contributed by atoms with E-state index in [0.29, 0.717) is 17.1 Å². The van der Waals surface area contributed by atoms with Crippen molar-refractivity contribution in [3.63, 3.8) is 0 Å². The van der Waals surface area contributed by atoms with Gasteiger partial charge in [0.2, 0.25) is 5.91 Å². The summed E-state index contributed by atoms with van der Waals surface area (Å²) in [5.41, 5.74) is 8.34. The van der Waals surface area contributed by atoms with Crippen LogP contribution in [0.3, 0.4) is 0 Å². The molecule has 39 heavy (non-hydrogen) atoms. The maximum atomic E-state index is 13.7. The molecule has 0 saturated carbocycles. The van der Waals surface area contributed by atoms with Gasteiger partial charge in [0.05, 0.1) is 36.5 Å². The van der Waals surface area contributed by atoms with Crippen molar-refractivity contribution in [2.75, 3.05) is 23.5 Å². The number of amides is 2. The Morgan fingerprint density at radius 1 is 1.08 bits per heavy atom. The van der Waals surface area contributed by atoms with Crippen LogP contribution in [0.15, 0.2) is 83.3 Å². The number of nitrogens with two attached hydrogens (primary N) is 1. The first-order valence-corrected chi connectivity index (χ1v) is 12.5. The first-order chi connectivity index (χ1) is 18.3. The van der Waals surface area contributed by atoms with Crippen molar-refractivity contribution >= 4 is 68.0 Å². The van der Waals surface area contributed by atoms with Crippen LogP contribution in [0.1, 0.15) is 15.9 Å². The number of halogens is 2. The van der Waals surface area contributed by atoms with Crippen molar-refractivity contribution in [1.29, 1.82) is 0 Å². The summed E-state index contributed by atoms with van der Waals surface area (Å²) in [6.07, 6.45) is 0.